The van der Waals surface area contributed by atoms with E-state index in [-0.39, 0.29) is 0 Å². The molecule has 0 saturated heterocycles. The van der Waals surface area contributed by atoms with E-state index in [1.165, 1.54) is 12.9 Å². The monoisotopic (exact) mass is 148 g/mol. The molecule has 0 bridgehead atoms. The molecule has 10 heavy (non-hydrogen) atoms. The Morgan fingerprint density at radius 3 is 2.00 bits per heavy atom. The van der Waals surface area contributed by atoms with Crippen LogP contribution in [0, 0.1) is 0 Å². The van der Waals surface area contributed by atoms with Crippen LogP contribution in [0.15, 0.2) is 12.2 Å². The first-order valence-corrected chi connectivity index (χ1v) is 2.88. The normalized spacial score (nSPS) is 13.9. The molecule has 0 aromatic rings. The average molecular weight is 148 g/mol. The van der Waals surface area contributed by atoms with E-state index in [9.17, 15) is 13.2 Å². The van der Waals surface area contributed by atoms with Crippen molar-refractivity contribution in [1.82, 2.24) is 0 Å². The third-order valence-corrected chi connectivity index (χ3v) is 0.985. The second-order valence-corrected chi connectivity index (χ2v) is 1.74. The second kappa shape index (κ2) is 3.59. The van der Waals surface area contributed by atoms with Gasteiger partial charge in [0.15, 0.2) is 0 Å². The van der Waals surface area contributed by atoms with Gasteiger partial charge in [0.25, 0.3) is 0 Å². The van der Waals surface area contributed by atoms with E-state index in [1.54, 1.807) is 6.92 Å². The van der Waals surface area contributed by atoms with E-state index >= 15 is 0 Å². The van der Waals surface area contributed by atoms with Crippen LogP contribution in [-0.2, 0) is 0 Å². The fourth-order valence-corrected chi connectivity index (χ4v) is 0.534. The summed E-state index contributed by atoms with van der Waals surface area (Å²) < 4.78 is 35.4. The molecule has 0 aromatic heterocycles. The summed E-state index contributed by atoms with van der Waals surface area (Å²) in [5.41, 5.74) is -0.602. The molecule has 0 amide bonds. The van der Waals surface area contributed by atoms with Gasteiger partial charge in [-0.05, 0) is 0 Å². The van der Waals surface area contributed by atoms with E-state index in [4.69, 9.17) is 0 Å². The van der Waals surface area contributed by atoms with Gasteiger partial charge in [-0.1, -0.05) is 0 Å². The molecule has 0 aliphatic heterocycles. The maximum absolute atomic E-state index is 11.8. The van der Waals surface area contributed by atoms with E-state index in [2.05, 4.69) is 0 Å². The van der Waals surface area contributed by atoms with Crippen molar-refractivity contribution in [2.45, 2.75) is 19.9 Å². The van der Waals surface area contributed by atoms with Crippen LogP contribution >= 0.6 is 0 Å². The molecule has 0 unspecified atom stereocenters. The Bertz CT molecular complexity index is 155. The summed E-state index contributed by atoms with van der Waals surface area (Å²) in [4.78, 5) is 0. The molecule has 0 atom stereocenters. The van der Waals surface area contributed by atoms with Crippen LogP contribution in [0.25, 0.3) is 0 Å². The third-order valence-electron chi connectivity index (χ3n) is 0.985. The Morgan fingerprint density at radius 1 is 1.40 bits per heavy atom. The number of hydrogen-bond donors (Lipinski definition) is 0. The molecule has 0 nitrogen and oxygen atoms in total. The van der Waals surface area contributed by atoms with Gasteiger partial charge < -0.3 is 0 Å². The summed E-state index contributed by atoms with van der Waals surface area (Å²) in [5.74, 6) is 0. The Morgan fingerprint density at radius 2 is 1.90 bits per heavy atom. The van der Waals surface area contributed by atoms with Crippen LogP contribution < -0.4 is 0 Å². The molecule has 0 radical (unpaired) electrons. The zero-order valence-electron chi connectivity index (χ0n) is 5.87. The van der Waals surface area contributed by atoms with Gasteiger partial charge in [0.1, 0.15) is 0 Å². The summed E-state index contributed by atoms with van der Waals surface area (Å²) in [6.45, 7) is 3.96. The van der Waals surface area contributed by atoms with Crippen molar-refractivity contribution in [3.8, 4) is 0 Å². The van der Waals surface area contributed by atoms with E-state index in [0.717, 1.165) is 13.0 Å². The van der Waals surface area contributed by atoms with Gasteiger partial charge in [-0.3, -0.25) is 0 Å². The molecule has 56 valence electrons. The summed E-state index contributed by atoms with van der Waals surface area (Å²) in [6, 6.07) is 0. The molecule has 0 aromatic carbocycles. The van der Waals surface area contributed by atoms with E-state index in [1.807, 2.05) is 0 Å². The average Bonchev–Trinajstić information content (AvgIpc) is 1.80. The molecule has 0 aliphatic rings. The van der Waals surface area contributed by atoms with Crippen molar-refractivity contribution >= 4 is 12.4 Å². The number of alkyl halides is 3. The zero-order chi connectivity index (χ0) is 8.20. The minimum absolute atomic E-state index is 0.602. The summed E-state index contributed by atoms with van der Waals surface area (Å²) >= 11 is 0. The fraction of sp³-hybridized carbons (Fsp3) is 0.500. The van der Waals surface area contributed by atoms with Crippen molar-refractivity contribution in [2.24, 2.45) is 0 Å². The van der Waals surface area contributed by atoms with E-state index in [0.29, 0.717) is 0 Å². The Balaban J connectivity index is 4.39. The number of allylic oxidation sites excluding steroid dienone is 2. The van der Waals surface area contributed by atoms with Gasteiger partial charge in [0.2, 0.25) is 0 Å². The maximum atomic E-state index is 11.8. The molecule has 0 saturated carbocycles. The molecule has 0 heterocycles. The van der Waals surface area contributed by atoms with Crippen LogP contribution in [-0.4, -0.2) is 18.6 Å². The molecular formula is C6H8BF3. The predicted octanol–water partition coefficient (Wildman–Crippen LogP) is 2.05. The molecule has 0 N–H and O–H groups in total. The third kappa shape index (κ3) is 2.85. The van der Waals surface area contributed by atoms with Gasteiger partial charge in [-0.25, -0.2) is 0 Å². The van der Waals surface area contributed by atoms with Crippen molar-refractivity contribution < 1.29 is 13.2 Å². The molecular weight excluding hydrogens is 140 g/mol. The summed E-state index contributed by atoms with van der Waals surface area (Å²) in [5, 5.41) is 0. The predicted molar refractivity (Wildman–Crippen MR) is 37.5 cm³/mol. The molecule has 0 rings (SSSR count). The second-order valence-electron chi connectivity index (χ2n) is 1.74. The number of halogens is 3. The van der Waals surface area contributed by atoms with Crippen LogP contribution in [0.4, 0.5) is 13.2 Å². The topological polar surface area (TPSA) is 0 Å². The van der Waals surface area contributed by atoms with Crippen molar-refractivity contribution in [3.63, 3.8) is 0 Å². The molecule has 0 fully saturated rings. The van der Waals surface area contributed by atoms with Gasteiger partial charge in [0.05, 0.1) is 0 Å². The first-order valence-electron chi connectivity index (χ1n) is 2.88. The van der Waals surface area contributed by atoms with Gasteiger partial charge in [-0.15, -0.1) is 0 Å². The summed E-state index contributed by atoms with van der Waals surface area (Å²) in [7, 11) is 0. The van der Waals surface area contributed by atoms with E-state index < -0.39 is 11.6 Å². The molecule has 0 aliphatic carbocycles. The van der Waals surface area contributed by atoms with Crippen molar-refractivity contribution in [2.75, 3.05) is 0 Å². The Kier molecular flexibility index (Phi) is 3.40. The Labute approximate surface area is 58.6 Å². The quantitative estimate of drug-likeness (QED) is 0.499. The van der Waals surface area contributed by atoms with Gasteiger partial charge in [0, 0.05) is 0 Å². The summed E-state index contributed by atoms with van der Waals surface area (Å²) in [6.07, 6.45) is -1.80. The van der Waals surface area contributed by atoms with Crippen LogP contribution in [0.2, 0.25) is 6.82 Å². The van der Waals surface area contributed by atoms with Crippen molar-refractivity contribution in [3.05, 3.63) is 12.2 Å². The van der Waals surface area contributed by atoms with Crippen molar-refractivity contribution in [1.29, 1.82) is 0 Å². The molecule has 4 heteroatoms. The zero-order valence-corrected chi connectivity index (χ0v) is 5.87. The van der Waals surface area contributed by atoms with Crippen LogP contribution in [0.5, 0.6) is 0 Å². The fourth-order valence-electron chi connectivity index (χ4n) is 0.534. The van der Waals surface area contributed by atoms with Gasteiger partial charge in [-0.2, -0.15) is 0 Å². The van der Waals surface area contributed by atoms with Crippen LogP contribution in [0.3, 0.4) is 0 Å². The first-order chi connectivity index (χ1) is 4.52. The number of rotatable bonds is 1. The Hall–Kier alpha value is -0.535. The van der Waals surface area contributed by atoms with Crippen LogP contribution in [0.1, 0.15) is 6.92 Å². The first kappa shape index (κ1) is 9.46. The minimum atomic E-state index is -4.21. The SMILES string of the molecule is CB=C(/C=C\C)C(F)(F)F. The standard InChI is InChI=1S/C6H8BF3/c1-3-4-5(7-2)6(8,9)10/h3-4H,1-2H3/b4-3-. The number of hydrogen-bond acceptors (Lipinski definition) is 0. The van der Waals surface area contributed by atoms with Gasteiger partial charge >= 0.3 is 57.6 Å². The molecule has 0 spiro atoms.